The molecule has 128 valence electrons. The minimum absolute atomic E-state index is 0.0661. The van der Waals surface area contributed by atoms with Gasteiger partial charge in [-0.05, 0) is 37.6 Å². The van der Waals surface area contributed by atoms with Gasteiger partial charge in [-0.25, -0.2) is 4.39 Å². The minimum atomic E-state index is -0.401. The highest BCUT2D eigenvalue weighted by Crippen LogP contribution is 2.23. The molecule has 0 radical (unpaired) electrons. The van der Waals surface area contributed by atoms with Crippen LogP contribution in [-0.4, -0.2) is 18.4 Å². The quantitative estimate of drug-likeness (QED) is 0.574. The summed E-state index contributed by atoms with van der Waals surface area (Å²) in [6.07, 6.45) is 0.598. The van der Waals surface area contributed by atoms with Crippen molar-refractivity contribution in [3.63, 3.8) is 0 Å². The van der Waals surface area contributed by atoms with Crippen molar-refractivity contribution < 1.29 is 13.9 Å². The number of hydrogen-bond donors (Lipinski definition) is 2. The summed E-state index contributed by atoms with van der Waals surface area (Å²) in [6, 6.07) is 11.2. The Labute approximate surface area is 141 Å². The van der Waals surface area contributed by atoms with Crippen molar-refractivity contribution in [3.05, 3.63) is 59.4 Å². The Balaban J connectivity index is 2.08. The van der Waals surface area contributed by atoms with Crippen LogP contribution >= 0.6 is 0 Å². The van der Waals surface area contributed by atoms with E-state index in [2.05, 4.69) is 5.32 Å². The van der Waals surface area contributed by atoms with Crippen molar-refractivity contribution in [2.45, 2.75) is 32.9 Å². The molecule has 24 heavy (non-hydrogen) atoms. The SMILES string of the molecule is CCOc1ccc(C(=O)C(CC)NCc2ccccc2F)cc1N. The van der Waals surface area contributed by atoms with E-state index in [1.54, 1.807) is 36.4 Å². The Morgan fingerprint density at radius 1 is 1.25 bits per heavy atom. The van der Waals surface area contributed by atoms with Crippen LogP contribution in [0, 0.1) is 5.82 Å². The maximum Gasteiger partial charge on any atom is 0.179 e. The van der Waals surface area contributed by atoms with Gasteiger partial charge in [0, 0.05) is 17.7 Å². The predicted octanol–water partition coefficient (Wildman–Crippen LogP) is 3.56. The number of halogens is 1. The van der Waals surface area contributed by atoms with Crippen molar-refractivity contribution in [1.82, 2.24) is 5.32 Å². The lowest BCUT2D eigenvalue weighted by atomic mass is 10.0. The first kappa shape index (κ1) is 17.9. The van der Waals surface area contributed by atoms with Crippen molar-refractivity contribution in [2.75, 3.05) is 12.3 Å². The Bertz CT molecular complexity index is 704. The van der Waals surface area contributed by atoms with E-state index in [1.165, 1.54) is 6.07 Å². The number of nitrogens with one attached hydrogen (secondary N) is 1. The van der Waals surface area contributed by atoms with Crippen molar-refractivity contribution >= 4 is 11.5 Å². The number of rotatable bonds is 8. The molecule has 1 unspecified atom stereocenters. The fraction of sp³-hybridized carbons (Fsp3) is 0.316. The minimum Gasteiger partial charge on any atom is -0.492 e. The molecule has 0 spiro atoms. The number of carbonyl (C=O) groups excluding carboxylic acids is 1. The summed E-state index contributed by atoms with van der Waals surface area (Å²) in [5, 5.41) is 3.12. The maximum absolute atomic E-state index is 13.7. The maximum atomic E-state index is 13.7. The first-order chi connectivity index (χ1) is 11.6. The number of Topliss-reactive ketones (excluding diaryl/α,β-unsaturated/α-hetero) is 1. The number of hydrogen-bond acceptors (Lipinski definition) is 4. The number of nitrogens with two attached hydrogens (primary N) is 1. The standard InChI is InChI=1S/C19H23FN2O2/c1-3-17(22-12-14-7-5-6-8-15(14)20)19(23)13-9-10-18(24-4-2)16(21)11-13/h5-11,17,22H,3-4,12,21H2,1-2H3. The molecule has 2 rings (SSSR count). The monoisotopic (exact) mass is 330 g/mol. The zero-order chi connectivity index (χ0) is 17.5. The predicted molar refractivity (Wildman–Crippen MR) is 93.7 cm³/mol. The van der Waals surface area contributed by atoms with Gasteiger partial charge in [-0.1, -0.05) is 25.1 Å². The highest BCUT2D eigenvalue weighted by atomic mass is 19.1. The summed E-state index contributed by atoms with van der Waals surface area (Å²) >= 11 is 0. The van der Waals surface area contributed by atoms with Gasteiger partial charge < -0.3 is 15.8 Å². The fourth-order valence-corrected chi connectivity index (χ4v) is 2.49. The van der Waals surface area contributed by atoms with Crippen LogP contribution in [-0.2, 0) is 6.54 Å². The summed E-state index contributed by atoms with van der Waals surface area (Å²) in [5.74, 6) is 0.225. The molecular weight excluding hydrogens is 307 g/mol. The molecule has 1 atom stereocenters. The molecule has 0 saturated carbocycles. The van der Waals surface area contributed by atoms with E-state index < -0.39 is 6.04 Å². The number of nitrogen functional groups attached to an aromatic ring is 1. The largest absolute Gasteiger partial charge is 0.492 e. The molecule has 0 aliphatic carbocycles. The van der Waals surface area contributed by atoms with Gasteiger partial charge in [0.1, 0.15) is 11.6 Å². The van der Waals surface area contributed by atoms with Crippen LogP contribution in [0.5, 0.6) is 5.75 Å². The van der Waals surface area contributed by atoms with Crippen molar-refractivity contribution in [1.29, 1.82) is 0 Å². The Hall–Kier alpha value is -2.40. The topological polar surface area (TPSA) is 64.3 Å². The molecule has 3 N–H and O–H groups in total. The molecule has 0 heterocycles. The molecule has 0 saturated heterocycles. The number of carbonyl (C=O) groups is 1. The smallest absolute Gasteiger partial charge is 0.179 e. The van der Waals surface area contributed by atoms with Crippen LogP contribution in [0.3, 0.4) is 0 Å². The number of ketones is 1. The lowest BCUT2D eigenvalue weighted by molar-refractivity contribution is 0.0939. The number of anilines is 1. The first-order valence-electron chi connectivity index (χ1n) is 8.10. The Morgan fingerprint density at radius 3 is 2.62 bits per heavy atom. The van der Waals surface area contributed by atoms with E-state index in [1.807, 2.05) is 13.8 Å². The molecule has 0 aromatic heterocycles. The van der Waals surface area contributed by atoms with Crippen molar-refractivity contribution in [2.24, 2.45) is 0 Å². The summed E-state index contributed by atoms with van der Waals surface area (Å²) in [5.41, 5.74) is 7.42. The summed E-state index contributed by atoms with van der Waals surface area (Å²) < 4.78 is 19.1. The van der Waals surface area contributed by atoms with Gasteiger partial charge in [0.15, 0.2) is 5.78 Å². The van der Waals surface area contributed by atoms with E-state index in [0.29, 0.717) is 42.1 Å². The van der Waals surface area contributed by atoms with E-state index in [9.17, 15) is 9.18 Å². The molecule has 0 fully saturated rings. The van der Waals surface area contributed by atoms with Crippen LogP contribution in [0.1, 0.15) is 36.2 Å². The Kier molecular flexibility index (Phi) is 6.32. The molecule has 4 nitrogen and oxygen atoms in total. The summed E-state index contributed by atoms with van der Waals surface area (Å²) in [7, 11) is 0. The lowest BCUT2D eigenvalue weighted by Gasteiger charge is -2.17. The average molecular weight is 330 g/mol. The van der Waals surface area contributed by atoms with Gasteiger partial charge >= 0.3 is 0 Å². The van der Waals surface area contributed by atoms with E-state index in [-0.39, 0.29) is 11.6 Å². The Morgan fingerprint density at radius 2 is 2.00 bits per heavy atom. The molecular formula is C19H23FN2O2. The normalized spacial score (nSPS) is 12.0. The van der Waals surface area contributed by atoms with Gasteiger partial charge in [0.05, 0.1) is 18.3 Å². The third-order valence-corrected chi connectivity index (χ3v) is 3.82. The molecule has 0 amide bonds. The number of benzene rings is 2. The second kappa shape index (κ2) is 8.45. The molecule has 0 bridgehead atoms. The summed E-state index contributed by atoms with van der Waals surface area (Å²) in [6.45, 7) is 4.59. The third kappa shape index (κ3) is 4.32. The van der Waals surface area contributed by atoms with Crippen LogP contribution in [0.4, 0.5) is 10.1 Å². The van der Waals surface area contributed by atoms with Crippen molar-refractivity contribution in [3.8, 4) is 5.75 Å². The van der Waals surface area contributed by atoms with E-state index in [4.69, 9.17) is 10.5 Å². The molecule has 5 heteroatoms. The highest BCUT2D eigenvalue weighted by molar-refractivity contribution is 6.01. The molecule has 0 aliphatic rings. The summed E-state index contributed by atoms with van der Waals surface area (Å²) in [4.78, 5) is 12.7. The van der Waals surface area contributed by atoms with E-state index in [0.717, 1.165) is 0 Å². The molecule has 2 aromatic carbocycles. The van der Waals surface area contributed by atoms with Gasteiger partial charge in [-0.2, -0.15) is 0 Å². The zero-order valence-electron chi connectivity index (χ0n) is 14.0. The van der Waals surface area contributed by atoms with Crippen LogP contribution in [0.25, 0.3) is 0 Å². The second-order valence-electron chi connectivity index (χ2n) is 5.48. The average Bonchev–Trinajstić information content (AvgIpc) is 2.58. The fourth-order valence-electron chi connectivity index (χ4n) is 2.49. The highest BCUT2D eigenvalue weighted by Gasteiger charge is 2.19. The molecule has 0 aliphatic heterocycles. The van der Waals surface area contributed by atoms with Crippen LogP contribution in [0.2, 0.25) is 0 Å². The second-order valence-corrected chi connectivity index (χ2v) is 5.48. The van der Waals surface area contributed by atoms with E-state index >= 15 is 0 Å². The zero-order valence-corrected chi connectivity index (χ0v) is 14.0. The molecule has 2 aromatic rings. The number of ether oxygens (including phenoxy) is 1. The van der Waals surface area contributed by atoms with Gasteiger partial charge in [0.25, 0.3) is 0 Å². The van der Waals surface area contributed by atoms with Gasteiger partial charge in [0.2, 0.25) is 0 Å². The third-order valence-electron chi connectivity index (χ3n) is 3.82. The first-order valence-corrected chi connectivity index (χ1v) is 8.10. The van der Waals surface area contributed by atoms with Gasteiger partial charge in [-0.3, -0.25) is 4.79 Å². The lowest BCUT2D eigenvalue weighted by Crippen LogP contribution is -2.36. The van der Waals surface area contributed by atoms with Crippen LogP contribution in [0.15, 0.2) is 42.5 Å². The van der Waals surface area contributed by atoms with Crippen LogP contribution < -0.4 is 15.8 Å². The van der Waals surface area contributed by atoms with Gasteiger partial charge in [-0.15, -0.1) is 0 Å².